The number of nitrogens with one attached hydrogen (secondary N) is 1. The van der Waals surface area contributed by atoms with Crippen molar-refractivity contribution < 1.29 is 27.5 Å². The zero-order chi connectivity index (χ0) is 20.0. The maximum Gasteiger partial charge on any atom is 0.330 e. The molecule has 1 N–H and O–H groups in total. The van der Waals surface area contributed by atoms with Crippen LogP contribution in [0.3, 0.4) is 0 Å². The zero-order valence-corrected chi connectivity index (χ0v) is 15.4. The molecule has 9 heteroatoms. The summed E-state index contributed by atoms with van der Waals surface area (Å²) in [5.74, 6) is -3.49. The van der Waals surface area contributed by atoms with E-state index >= 15 is 0 Å². The van der Waals surface area contributed by atoms with Crippen molar-refractivity contribution in [1.29, 1.82) is 0 Å². The summed E-state index contributed by atoms with van der Waals surface area (Å²) >= 11 is 1.41. The number of ether oxygens (including phenoxy) is 1. The third kappa shape index (κ3) is 5.01. The quantitative estimate of drug-likeness (QED) is 0.586. The summed E-state index contributed by atoms with van der Waals surface area (Å²) in [5, 5.41) is 1.84. The molecule has 0 unspecified atom stereocenters. The third-order valence-corrected chi connectivity index (χ3v) is 4.31. The van der Waals surface area contributed by atoms with Gasteiger partial charge in [0.1, 0.15) is 29.7 Å². The second kappa shape index (κ2) is 9.43. The summed E-state index contributed by atoms with van der Waals surface area (Å²) < 4.78 is 46.7. The Bertz CT molecular complexity index is 828. The highest BCUT2D eigenvalue weighted by atomic mass is 32.2. The van der Waals surface area contributed by atoms with Gasteiger partial charge in [0.15, 0.2) is 0 Å². The van der Waals surface area contributed by atoms with Crippen LogP contribution in [0.1, 0.15) is 17.3 Å². The first-order chi connectivity index (χ1) is 12.9. The van der Waals surface area contributed by atoms with Crippen molar-refractivity contribution >= 4 is 29.4 Å². The summed E-state index contributed by atoms with van der Waals surface area (Å²) in [4.78, 5) is 26.0. The van der Waals surface area contributed by atoms with E-state index in [0.717, 1.165) is 28.9 Å². The Labute approximate surface area is 158 Å². The molecule has 144 valence electrons. The molecule has 2 aromatic rings. The number of carbonyl (C=O) groups excluding carboxylic acids is 2. The van der Waals surface area contributed by atoms with E-state index in [1.165, 1.54) is 31.0 Å². The standard InChI is InChI=1S/C18H17F3N2O3S/c1-3-27-11-7-8-15(14(21)9-11)23(10-26-2)18(25)22-17(24)16-12(19)5-4-6-13(16)20/h4-9H,3,10H2,1-2H3,(H,22,24,25). The molecule has 0 aliphatic carbocycles. The Hall–Kier alpha value is -2.52. The van der Waals surface area contributed by atoms with Crippen molar-refractivity contribution in [1.82, 2.24) is 5.32 Å². The number of hydrogen-bond acceptors (Lipinski definition) is 4. The van der Waals surface area contributed by atoms with E-state index in [1.54, 1.807) is 6.07 Å². The van der Waals surface area contributed by atoms with Gasteiger partial charge in [-0.15, -0.1) is 11.8 Å². The third-order valence-electron chi connectivity index (χ3n) is 3.43. The van der Waals surface area contributed by atoms with Gasteiger partial charge < -0.3 is 4.74 Å². The number of nitrogens with zero attached hydrogens (tertiary/aromatic N) is 1. The topological polar surface area (TPSA) is 58.6 Å². The van der Waals surface area contributed by atoms with Gasteiger partial charge in [-0.25, -0.2) is 18.0 Å². The van der Waals surface area contributed by atoms with E-state index in [-0.39, 0.29) is 12.4 Å². The molecule has 3 amide bonds. The molecule has 0 saturated heterocycles. The average Bonchev–Trinajstić information content (AvgIpc) is 2.60. The predicted octanol–water partition coefficient (Wildman–Crippen LogP) is 4.18. The number of benzene rings is 2. The highest BCUT2D eigenvalue weighted by Gasteiger charge is 2.24. The summed E-state index contributed by atoms with van der Waals surface area (Å²) in [6.45, 7) is 1.53. The van der Waals surface area contributed by atoms with Gasteiger partial charge in [0.25, 0.3) is 5.91 Å². The van der Waals surface area contributed by atoms with E-state index in [0.29, 0.717) is 4.90 Å². The van der Waals surface area contributed by atoms with Crippen molar-refractivity contribution in [2.24, 2.45) is 0 Å². The van der Waals surface area contributed by atoms with Crippen LogP contribution in [0.5, 0.6) is 0 Å². The van der Waals surface area contributed by atoms with Crippen LogP contribution < -0.4 is 10.2 Å². The fourth-order valence-corrected chi connectivity index (χ4v) is 2.96. The van der Waals surface area contributed by atoms with E-state index in [2.05, 4.69) is 0 Å². The lowest BCUT2D eigenvalue weighted by atomic mass is 10.2. The molecule has 0 atom stereocenters. The van der Waals surface area contributed by atoms with Gasteiger partial charge in [0.2, 0.25) is 0 Å². The SMILES string of the molecule is CCSc1ccc(N(COC)C(=O)NC(=O)c2c(F)cccc2F)c(F)c1. The number of imide groups is 1. The molecule has 5 nitrogen and oxygen atoms in total. The average molecular weight is 398 g/mol. The number of rotatable bonds is 6. The van der Waals surface area contributed by atoms with Crippen molar-refractivity contribution in [3.63, 3.8) is 0 Å². The van der Waals surface area contributed by atoms with Gasteiger partial charge in [0, 0.05) is 12.0 Å². The van der Waals surface area contributed by atoms with Crippen molar-refractivity contribution in [3.05, 3.63) is 59.4 Å². The van der Waals surface area contributed by atoms with E-state index < -0.39 is 35.0 Å². The van der Waals surface area contributed by atoms with Crippen molar-refractivity contribution in [3.8, 4) is 0 Å². The number of anilines is 1. The molecule has 0 bridgehead atoms. The van der Waals surface area contributed by atoms with Crippen LogP contribution in [0.2, 0.25) is 0 Å². The predicted molar refractivity (Wildman–Crippen MR) is 96.4 cm³/mol. The summed E-state index contributed by atoms with van der Waals surface area (Å²) in [6, 6.07) is 6.00. The Morgan fingerprint density at radius 3 is 2.33 bits per heavy atom. The molecule has 0 aromatic heterocycles. The largest absolute Gasteiger partial charge is 0.364 e. The number of halogens is 3. The monoisotopic (exact) mass is 398 g/mol. The second-order valence-electron chi connectivity index (χ2n) is 5.25. The highest BCUT2D eigenvalue weighted by Crippen LogP contribution is 2.26. The zero-order valence-electron chi connectivity index (χ0n) is 14.6. The molecule has 2 rings (SSSR count). The first-order valence-corrected chi connectivity index (χ1v) is 8.85. The lowest BCUT2D eigenvalue weighted by molar-refractivity contribution is 0.0955. The van der Waals surface area contributed by atoms with Crippen LogP contribution in [-0.4, -0.2) is 31.5 Å². The Morgan fingerprint density at radius 1 is 1.11 bits per heavy atom. The molecule has 0 aliphatic rings. The minimum Gasteiger partial charge on any atom is -0.364 e. The van der Waals surface area contributed by atoms with E-state index in [1.807, 2.05) is 12.2 Å². The fourth-order valence-electron chi connectivity index (χ4n) is 2.27. The number of methoxy groups -OCH3 is 1. The van der Waals surface area contributed by atoms with Crippen LogP contribution in [0.4, 0.5) is 23.7 Å². The number of amides is 3. The number of thioether (sulfide) groups is 1. The first kappa shape index (κ1) is 20.8. The molecule has 2 aromatic carbocycles. The van der Waals surface area contributed by atoms with Gasteiger partial charge in [-0.3, -0.25) is 15.0 Å². The molecule has 0 fully saturated rings. The Morgan fingerprint density at radius 2 is 1.78 bits per heavy atom. The van der Waals surface area contributed by atoms with Gasteiger partial charge in [-0.05, 0) is 36.1 Å². The maximum atomic E-state index is 14.4. The lowest BCUT2D eigenvalue weighted by Crippen LogP contribution is -2.44. The second-order valence-corrected chi connectivity index (χ2v) is 6.59. The number of hydrogen-bond donors (Lipinski definition) is 1. The van der Waals surface area contributed by atoms with Gasteiger partial charge in [-0.1, -0.05) is 13.0 Å². The first-order valence-electron chi connectivity index (χ1n) is 7.87. The summed E-state index contributed by atoms with van der Waals surface area (Å²) in [5.41, 5.74) is -1.05. The normalized spacial score (nSPS) is 10.6. The minimum atomic E-state index is -1.28. The summed E-state index contributed by atoms with van der Waals surface area (Å²) in [6.07, 6.45) is 0. The van der Waals surface area contributed by atoms with Crippen molar-refractivity contribution in [2.75, 3.05) is 24.5 Å². The Kier molecular flexibility index (Phi) is 7.26. The fraction of sp³-hybridized carbons (Fsp3) is 0.222. The number of urea groups is 1. The maximum absolute atomic E-state index is 14.4. The number of carbonyl (C=O) groups is 2. The molecule has 0 saturated carbocycles. The van der Waals surface area contributed by atoms with Crippen molar-refractivity contribution in [2.45, 2.75) is 11.8 Å². The molecule has 0 aliphatic heterocycles. The molecule has 0 spiro atoms. The molecule has 27 heavy (non-hydrogen) atoms. The lowest BCUT2D eigenvalue weighted by Gasteiger charge is -2.22. The van der Waals surface area contributed by atoms with Gasteiger partial charge in [0.05, 0.1) is 5.69 Å². The smallest absolute Gasteiger partial charge is 0.330 e. The van der Waals surface area contributed by atoms with E-state index in [9.17, 15) is 22.8 Å². The Balaban J connectivity index is 2.26. The van der Waals surface area contributed by atoms with E-state index in [4.69, 9.17) is 4.74 Å². The molecular weight excluding hydrogens is 381 g/mol. The van der Waals surface area contributed by atoms with Crippen LogP contribution in [0.25, 0.3) is 0 Å². The molecule has 0 radical (unpaired) electrons. The molecular formula is C18H17F3N2O3S. The highest BCUT2D eigenvalue weighted by molar-refractivity contribution is 7.99. The molecule has 0 heterocycles. The van der Waals surface area contributed by atoms with Gasteiger partial charge >= 0.3 is 6.03 Å². The van der Waals surface area contributed by atoms with Gasteiger partial charge in [-0.2, -0.15) is 0 Å². The van der Waals surface area contributed by atoms with Crippen LogP contribution in [-0.2, 0) is 4.74 Å². The van der Waals surface area contributed by atoms with Crippen LogP contribution in [0, 0.1) is 17.5 Å². The van der Waals surface area contributed by atoms with Crippen LogP contribution in [0.15, 0.2) is 41.3 Å². The summed E-state index contributed by atoms with van der Waals surface area (Å²) in [7, 11) is 1.28. The van der Waals surface area contributed by atoms with Crippen LogP contribution >= 0.6 is 11.8 Å². The minimum absolute atomic E-state index is 0.142.